The third-order valence-electron chi connectivity index (χ3n) is 2.15. The number of nitrogens with one attached hydrogen (secondary N) is 1. The van der Waals surface area contributed by atoms with Gasteiger partial charge in [0.1, 0.15) is 6.54 Å². The van der Waals surface area contributed by atoms with Gasteiger partial charge in [-0.15, -0.1) is 5.10 Å². The molecule has 0 spiro atoms. The number of aromatic hydroxyl groups is 1. The molecule has 2 aromatic heterocycles. The van der Waals surface area contributed by atoms with E-state index in [1.807, 2.05) is 0 Å². The summed E-state index contributed by atoms with van der Waals surface area (Å²) in [7, 11) is 0. The van der Waals surface area contributed by atoms with Gasteiger partial charge in [-0.1, -0.05) is 5.21 Å². The molecule has 94 valence electrons. The lowest BCUT2D eigenvalue weighted by molar-refractivity contribution is -0.117. The molecule has 0 aliphatic rings. The van der Waals surface area contributed by atoms with E-state index in [4.69, 9.17) is 5.73 Å². The first kappa shape index (κ1) is 12.0. The zero-order chi connectivity index (χ0) is 13.0. The van der Waals surface area contributed by atoms with Crippen LogP contribution in [-0.4, -0.2) is 31.0 Å². The molecule has 8 heteroatoms. The molecule has 0 aliphatic carbocycles. The third-order valence-corrected chi connectivity index (χ3v) is 2.15. The molecule has 0 aromatic carbocycles. The number of pyridine rings is 1. The Labute approximate surface area is 102 Å². The number of anilines is 1. The molecule has 2 aromatic rings. The summed E-state index contributed by atoms with van der Waals surface area (Å²) in [5.74, 6) is -0.341. The first-order chi connectivity index (χ1) is 8.69. The molecule has 0 fully saturated rings. The van der Waals surface area contributed by atoms with Crippen LogP contribution >= 0.6 is 0 Å². The fourth-order valence-corrected chi connectivity index (χ4v) is 1.32. The van der Waals surface area contributed by atoms with Crippen LogP contribution in [0.1, 0.15) is 5.69 Å². The molecule has 0 bridgehead atoms. The number of nitrogens with two attached hydrogens (primary N) is 1. The Morgan fingerprint density at radius 3 is 3.06 bits per heavy atom. The monoisotopic (exact) mass is 248 g/mol. The lowest BCUT2D eigenvalue weighted by atomic mass is 10.4. The van der Waals surface area contributed by atoms with Crippen molar-refractivity contribution in [3.05, 3.63) is 30.2 Å². The Balaban J connectivity index is 1.99. The SMILES string of the molecule is NCc1cn(CC(=O)Nc2ncccc2O)nn1. The highest BCUT2D eigenvalue weighted by molar-refractivity contribution is 5.90. The second-order valence-corrected chi connectivity index (χ2v) is 3.53. The largest absolute Gasteiger partial charge is 0.504 e. The second kappa shape index (κ2) is 5.23. The molecule has 0 saturated heterocycles. The summed E-state index contributed by atoms with van der Waals surface area (Å²) in [6.45, 7) is 0.242. The normalized spacial score (nSPS) is 10.3. The van der Waals surface area contributed by atoms with Gasteiger partial charge in [0, 0.05) is 12.7 Å². The molecule has 0 saturated carbocycles. The molecular weight excluding hydrogens is 236 g/mol. The summed E-state index contributed by atoms with van der Waals surface area (Å²) >= 11 is 0. The molecule has 1 amide bonds. The van der Waals surface area contributed by atoms with E-state index in [2.05, 4.69) is 20.6 Å². The minimum Gasteiger partial charge on any atom is -0.504 e. The van der Waals surface area contributed by atoms with Crippen molar-refractivity contribution in [2.75, 3.05) is 5.32 Å². The Morgan fingerprint density at radius 1 is 1.56 bits per heavy atom. The maximum absolute atomic E-state index is 11.6. The van der Waals surface area contributed by atoms with Crippen molar-refractivity contribution in [2.24, 2.45) is 5.73 Å². The Kier molecular flexibility index (Phi) is 3.49. The zero-order valence-electron chi connectivity index (χ0n) is 9.45. The van der Waals surface area contributed by atoms with Gasteiger partial charge in [0.15, 0.2) is 11.6 Å². The maximum Gasteiger partial charge on any atom is 0.247 e. The Morgan fingerprint density at radius 2 is 2.39 bits per heavy atom. The molecule has 0 radical (unpaired) electrons. The molecule has 0 atom stereocenters. The van der Waals surface area contributed by atoms with E-state index in [-0.39, 0.29) is 30.6 Å². The Hall–Kier alpha value is -2.48. The quantitative estimate of drug-likeness (QED) is 0.669. The summed E-state index contributed by atoms with van der Waals surface area (Å²) in [6, 6.07) is 3.00. The van der Waals surface area contributed by atoms with Crippen molar-refractivity contribution in [1.29, 1.82) is 0 Å². The highest BCUT2D eigenvalue weighted by Gasteiger charge is 2.09. The van der Waals surface area contributed by atoms with Crippen LogP contribution in [-0.2, 0) is 17.9 Å². The predicted molar refractivity (Wildman–Crippen MR) is 62.4 cm³/mol. The number of hydrogen-bond donors (Lipinski definition) is 3. The van der Waals surface area contributed by atoms with Crippen LogP contribution in [0.15, 0.2) is 24.5 Å². The molecular formula is C10H12N6O2. The standard InChI is InChI=1S/C10H12N6O2/c11-4-7-5-16(15-14-7)6-9(18)13-10-8(17)2-1-3-12-10/h1-3,5,17H,4,6,11H2,(H,12,13,18). The van der Waals surface area contributed by atoms with Crippen LogP contribution in [0.25, 0.3) is 0 Å². The number of hydrogen-bond acceptors (Lipinski definition) is 6. The van der Waals surface area contributed by atoms with E-state index in [1.165, 1.54) is 16.9 Å². The summed E-state index contributed by atoms with van der Waals surface area (Å²) < 4.78 is 1.36. The van der Waals surface area contributed by atoms with Crippen LogP contribution in [0.4, 0.5) is 5.82 Å². The van der Waals surface area contributed by atoms with Crippen molar-refractivity contribution >= 4 is 11.7 Å². The zero-order valence-corrected chi connectivity index (χ0v) is 9.45. The molecule has 8 nitrogen and oxygen atoms in total. The number of nitrogens with zero attached hydrogens (tertiary/aromatic N) is 4. The number of amides is 1. The lowest BCUT2D eigenvalue weighted by Crippen LogP contribution is -2.19. The van der Waals surface area contributed by atoms with Gasteiger partial charge in [-0.2, -0.15) is 0 Å². The van der Waals surface area contributed by atoms with Crippen molar-refractivity contribution < 1.29 is 9.90 Å². The van der Waals surface area contributed by atoms with Crippen LogP contribution in [0.2, 0.25) is 0 Å². The topological polar surface area (TPSA) is 119 Å². The van der Waals surface area contributed by atoms with Gasteiger partial charge < -0.3 is 16.2 Å². The molecule has 2 heterocycles. The van der Waals surface area contributed by atoms with E-state index >= 15 is 0 Å². The molecule has 2 rings (SSSR count). The van der Waals surface area contributed by atoms with E-state index in [9.17, 15) is 9.90 Å². The number of carbonyl (C=O) groups is 1. The lowest BCUT2D eigenvalue weighted by Gasteiger charge is -2.05. The molecule has 0 unspecified atom stereocenters. The molecule has 0 aliphatic heterocycles. The van der Waals surface area contributed by atoms with E-state index in [0.717, 1.165) is 0 Å². The van der Waals surface area contributed by atoms with Crippen LogP contribution in [0.5, 0.6) is 5.75 Å². The highest BCUT2D eigenvalue weighted by Crippen LogP contribution is 2.17. The van der Waals surface area contributed by atoms with Crippen molar-refractivity contribution in [3.8, 4) is 5.75 Å². The summed E-state index contributed by atoms with van der Waals surface area (Å²) in [6.07, 6.45) is 3.05. The summed E-state index contributed by atoms with van der Waals surface area (Å²) in [5, 5.41) is 19.4. The fourth-order valence-electron chi connectivity index (χ4n) is 1.32. The van der Waals surface area contributed by atoms with Crippen LogP contribution in [0, 0.1) is 0 Å². The maximum atomic E-state index is 11.6. The summed E-state index contributed by atoms with van der Waals surface area (Å²) in [5.41, 5.74) is 5.98. The third kappa shape index (κ3) is 2.80. The summed E-state index contributed by atoms with van der Waals surface area (Å²) in [4.78, 5) is 15.5. The van der Waals surface area contributed by atoms with Gasteiger partial charge in [-0.3, -0.25) is 4.79 Å². The minimum atomic E-state index is -0.363. The highest BCUT2D eigenvalue weighted by atomic mass is 16.3. The van der Waals surface area contributed by atoms with Gasteiger partial charge in [0.25, 0.3) is 0 Å². The Bertz CT molecular complexity index is 553. The van der Waals surface area contributed by atoms with E-state index in [1.54, 1.807) is 12.3 Å². The molecule has 4 N–H and O–H groups in total. The minimum absolute atomic E-state index is 0.0248. The first-order valence-corrected chi connectivity index (χ1v) is 5.22. The number of aromatic nitrogens is 4. The second-order valence-electron chi connectivity index (χ2n) is 3.53. The van der Waals surface area contributed by atoms with Crippen molar-refractivity contribution in [1.82, 2.24) is 20.0 Å². The van der Waals surface area contributed by atoms with Gasteiger partial charge in [0.2, 0.25) is 5.91 Å². The number of carbonyl (C=O) groups excluding carboxylic acids is 1. The molecule has 18 heavy (non-hydrogen) atoms. The number of rotatable bonds is 4. The van der Waals surface area contributed by atoms with Crippen LogP contribution in [0.3, 0.4) is 0 Å². The van der Waals surface area contributed by atoms with Crippen molar-refractivity contribution in [3.63, 3.8) is 0 Å². The fraction of sp³-hybridized carbons (Fsp3) is 0.200. The first-order valence-electron chi connectivity index (χ1n) is 5.22. The van der Waals surface area contributed by atoms with Gasteiger partial charge in [-0.25, -0.2) is 9.67 Å². The smallest absolute Gasteiger partial charge is 0.247 e. The van der Waals surface area contributed by atoms with E-state index in [0.29, 0.717) is 5.69 Å². The predicted octanol–water partition coefficient (Wildman–Crippen LogP) is -0.524. The van der Waals surface area contributed by atoms with E-state index < -0.39 is 0 Å². The van der Waals surface area contributed by atoms with Crippen molar-refractivity contribution in [2.45, 2.75) is 13.1 Å². The van der Waals surface area contributed by atoms with Gasteiger partial charge in [0.05, 0.1) is 11.9 Å². The van der Waals surface area contributed by atoms with Gasteiger partial charge >= 0.3 is 0 Å². The van der Waals surface area contributed by atoms with Crippen LogP contribution < -0.4 is 11.1 Å². The van der Waals surface area contributed by atoms with Gasteiger partial charge in [-0.05, 0) is 12.1 Å². The average molecular weight is 248 g/mol. The average Bonchev–Trinajstić information content (AvgIpc) is 2.80.